The Bertz CT molecular complexity index is 674. The molecular weight excluding hydrogens is 264 g/mol. The van der Waals surface area contributed by atoms with Crippen LogP contribution in [0.5, 0.6) is 0 Å². The van der Waals surface area contributed by atoms with Gasteiger partial charge in [-0.25, -0.2) is 0 Å². The van der Waals surface area contributed by atoms with Crippen LogP contribution in [-0.2, 0) is 0 Å². The second-order valence-corrected chi connectivity index (χ2v) is 5.20. The third-order valence-electron chi connectivity index (χ3n) is 3.38. The number of benzene rings is 3. The summed E-state index contributed by atoms with van der Waals surface area (Å²) in [4.78, 5) is 0. The van der Waals surface area contributed by atoms with E-state index in [-0.39, 0.29) is 5.38 Å². The highest BCUT2D eigenvalue weighted by Crippen LogP contribution is 2.31. The molecule has 0 saturated carbocycles. The summed E-state index contributed by atoms with van der Waals surface area (Å²) in [7, 11) is 0. The van der Waals surface area contributed by atoms with Gasteiger partial charge in [0.25, 0.3) is 0 Å². The number of halogens is 1. The zero-order valence-corrected chi connectivity index (χ0v) is 11.8. The Morgan fingerprint density at radius 3 is 1.80 bits per heavy atom. The topological polar surface area (TPSA) is 0 Å². The summed E-state index contributed by atoms with van der Waals surface area (Å²) in [6.45, 7) is 0. The maximum Gasteiger partial charge on any atom is 0.0835 e. The molecule has 0 saturated heterocycles. The molecule has 0 fully saturated rings. The van der Waals surface area contributed by atoms with Crippen LogP contribution < -0.4 is 0 Å². The molecule has 0 N–H and O–H groups in total. The van der Waals surface area contributed by atoms with E-state index in [2.05, 4.69) is 60.7 Å². The first-order valence-electron chi connectivity index (χ1n) is 6.69. The minimum atomic E-state index is -0.111. The molecule has 0 nitrogen and oxygen atoms in total. The van der Waals surface area contributed by atoms with Crippen LogP contribution in [0.4, 0.5) is 0 Å². The highest BCUT2D eigenvalue weighted by Gasteiger charge is 2.10. The van der Waals surface area contributed by atoms with Crippen LogP contribution in [0, 0.1) is 0 Å². The van der Waals surface area contributed by atoms with Crippen LogP contribution in [0.1, 0.15) is 16.5 Å². The van der Waals surface area contributed by atoms with Gasteiger partial charge in [-0.1, -0.05) is 78.9 Å². The first-order valence-corrected chi connectivity index (χ1v) is 7.12. The predicted molar refractivity (Wildman–Crippen MR) is 86.0 cm³/mol. The molecule has 0 radical (unpaired) electrons. The minimum absolute atomic E-state index is 0.111. The highest BCUT2D eigenvalue weighted by atomic mass is 35.5. The third kappa shape index (κ3) is 2.76. The van der Waals surface area contributed by atoms with Crippen LogP contribution in [0.15, 0.2) is 84.9 Å². The fourth-order valence-corrected chi connectivity index (χ4v) is 2.60. The SMILES string of the molecule is ClC(c1ccccc1)c1cccc(-c2ccccc2)c1. The molecule has 98 valence electrons. The molecule has 1 unspecified atom stereocenters. The molecule has 1 heteroatoms. The summed E-state index contributed by atoms with van der Waals surface area (Å²) in [6, 6.07) is 29.0. The predicted octanol–water partition coefficient (Wildman–Crippen LogP) is 5.68. The Balaban J connectivity index is 1.96. The van der Waals surface area contributed by atoms with E-state index in [0.717, 1.165) is 11.1 Å². The minimum Gasteiger partial charge on any atom is -0.113 e. The maximum absolute atomic E-state index is 6.59. The standard InChI is InChI=1S/C19H15Cl/c20-19(16-10-5-2-6-11-16)18-13-7-12-17(14-18)15-8-3-1-4-9-15/h1-14,19H. The molecule has 3 aromatic rings. The summed E-state index contributed by atoms with van der Waals surface area (Å²) < 4.78 is 0. The molecule has 0 aromatic heterocycles. The Morgan fingerprint density at radius 1 is 0.550 bits per heavy atom. The molecule has 3 rings (SSSR count). The van der Waals surface area contributed by atoms with Gasteiger partial charge in [-0.15, -0.1) is 11.6 Å². The van der Waals surface area contributed by atoms with Crippen LogP contribution in [0.25, 0.3) is 11.1 Å². The van der Waals surface area contributed by atoms with Gasteiger partial charge in [0.1, 0.15) is 0 Å². The quantitative estimate of drug-likeness (QED) is 0.541. The lowest BCUT2D eigenvalue weighted by atomic mass is 9.99. The molecule has 0 aliphatic carbocycles. The number of rotatable bonds is 3. The van der Waals surface area contributed by atoms with Crippen molar-refractivity contribution in [1.82, 2.24) is 0 Å². The van der Waals surface area contributed by atoms with Crippen molar-refractivity contribution in [3.63, 3.8) is 0 Å². The van der Waals surface area contributed by atoms with Crippen molar-refractivity contribution < 1.29 is 0 Å². The van der Waals surface area contributed by atoms with Gasteiger partial charge in [-0.2, -0.15) is 0 Å². The maximum atomic E-state index is 6.59. The van der Waals surface area contributed by atoms with Crippen molar-refractivity contribution in [3.8, 4) is 11.1 Å². The second kappa shape index (κ2) is 5.94. The van der Waals surface area contributed by atoms with E-state index >= 15 is 0 Å². The lowest BCUT2D eigenvalue weighted by Gasteiger charge is -2.12. The van der Waals surface area contributed by atoms with Crippen molar-refractivity contribution in [2.24, 2.45) is 0 Å². The van der Waals surface area contributed by atoms with Gasteiger partial charge in [-0.05, 0) is 28.3 Å². The van der Waals surface area contributed by atoms with E-state index in [0.29, 0.717) is 0 Å². The van der Waals surface area contributed by atoms with Crippen LogP contribution in [-0.4, -0.2) is 0 Å². The van der Waals surface area contributed by atoms with Crippen LogP contribution >= 0.6 is 11.6 Å². The van der Waals surface area contributed by atoms with Crippen molar-refractivity contribution in [1.29, 1.82) is 0 Å². The molecule has 0 aliphatic heterocycles. The fourth-order valence-electron chi connectivity index (χ4n) is 2.32. The van der Waals surface area contributed by atoms with Crippen molar-refractivity contribution >= 4 is 11.6 Å². The molecule has 20 heavy (non-hydrogen) atoms. The lowest BCUT2D eigenvalue weighted by molar-refractivity contribution is 1.14. The monoisotopic (exact) mass is 278 g/mol. The normalized spacial score (nSPS) is 12.1. The molecule has 0 spiro atoms. The van der Waals surface area contributed by atoms with E-state index < -0.39 is 0 Å². The number of hydrogen-bond acceptors (Lipinski definition) is 0. The molecule has 3 aromatic carbocycles. The third-order valence-corrected chi connectivity index (χ3v) is 3.88. The lowest BCUT2D eigenvalue weighted by Crippen LogP contribution is -1.93. The van der Waals surface area contributed by atoms with Gasteiger partial charge >= 0.3 is 0 Å². The zero-order chi connectivity index (χ0) is 13.8. The van der Waals surface area contributed by atoms with Crippen molar-refractivity contribution in [2.75, 3.05) is 0 Å². The van der Waals surface area contributed by atoms with Crippen molar-refractivity contribution in [2.45, 2.75) is 5.38 Å². The Hall–Kier alpha value is -2.05. The summed E-state index contributed by atoms with van der Waals surface area (Å²) in [6.07, 6.45) is 0. The van der Waals surface area contributed by atoms with Crippen LogP contribution in [0.3, 0.4) is 0 Å². The van der Waals surface area contributed by atoms with Gasteiger partial charge in [0.15, 0.2) is 0 Å². The molecular formula is C19H15Cl. The first-order chi connectivity index (χ1) is 9.84. The van der Waals surface area contributed by atoms with Gasteiger partial charge in [0, 0.05) is 0 Å². The largest absolute Gasteiger partial charge is 0.113 e. The van der Waals surface area contributed by atoms with E-state index in [4.69, 9.17) is 11.6 Å². The second-order valence-electron chi connectivity index (χ2n) is 4.76. The van der Waals surface area contributed by atoms with E-state index in [9.17, 15) is 0 Å². The average Bonchev–Trinajstić information content (AvgIpc) is 2.56. The molecule has 0 heterocycles. The smallest absolute Gasteiger partial charge is 0.0835 e. The van der Waals surface area contributed by atoms with Gasteiger partial charge in [-0.3, -0.25) is 0 Å². The highest BCUT2D eigenvalue weighted by molar-refractivity contribution is 6.22. The number of hydrogen-bond donors (Lipinski definition) is 0. The molecule has 1 atom stereocenters. The van der Waals surface area contributed by atoms with Gasteiger partial charge in [0.2, 0.25) is 0 Å². The summed E-state index contributed by atoms with van der Waals surface area (Å²) in [5, 5.41) is -0.111. The van der Waals surface area contributed by atoms with E-state index in [1.807, 2.05) is 24.3 Å². The van der Waals surface area contributed by atoms with Gasteiger partial charge < -0.3 is 0 Å². The Kier molecular flexibility index (Phi) is 3.85. The molecule has 0 amide bonds. The number of alkyl halides is 1. The fraction of sp³-hybridized carbons (Fsp3) is 0.0526. The zero-order valence-electron chi connectivity index (χ0n) is 11.0. The van der Waals surface area contributed by atoms with Crippen molar-refractivity contribution in [3.05, 3.63) is 96.1 Å². The first kappa shape index (κ1) is 13.0. The molecule has 0 aliphatic rings. The summed E-state index contributed by atoms with van der Waals surface area (Å²) in [5.74, 6) is 0. The Morgan fingerprint density at radius 2 is 1.10 bits per heavy atom. The van der Waals surface area contributed by atoms with Gasteiger partial charge in [0.05, 0.1) is 5.38 Å². The summed E-state index contributed by atoms with van der Waals surface area (Å²) >= 11 is 6.59. The summed E-state index contributed by atoms with van der Waals surface area (Å²) in [5.41, 5.74) is 4.66. The van der Waals surface area contributed by atoms with Crippen LogP contribution in [0.2, 0.25) is 0 Å². The molecule has 0 bridgehead atoms. The average molecular weight is 279 g/mol. The van der Waals surface area contributed by atoms with E-state index in [1.54, 1.807) is 0 Å². The van der Waals surface area contributed by atoms with E-state index in [1.165, 1.54) is 11.1 Å². The Labute approximate surface area is 124 Å².